The first-order valence-corrected chi connectivity index (χ1v) is 6.82. The number of rotatable bonds is 2. The van der Waals surface area contributed by atoms with Gasteiger partial charge in [0.2, 0.25) is 5.88 Å². The summed E-state index contributed by atoms with van der Waals surface area (Å²) in [5, 5.41) is 2.48. The summed E-state index contributed by atoms with van der Waals surface area (Å²) in [5.74, 6) is 1.04. The van der Waals surface area contributed by atoms with E-state index >= 15 is 0 Å². The second-order valence-corrected chi connectivity index (χ2v) is 5.35. The van der Waals surface area contributed by atoms with Crippen molar-refractivity contribution in [3.8, 4) is 11.6 Å². The molecule has 0 bridgehead atoms. The van der Waals surface area contributed by atoms with E-state index in [4.69, 9.17) is 22.1 Å². The van der Waals surface area contributed by atoms with Crippen LogP contribution in [0.2, 0.25) is 5.02 Å². The van der Waals surface area contributed by atoms with Crippen molar-refractivity contribution < 1.29 is 4.74 Å². The van der Waals surface area contributed by atoms with Crippen LogP contribution in [0.5, 0.6) is 11.6 Å². The van der Waals surface area contributed by atoms with Crippen LogP contribution in [0.25, 0.3) is 10.2 Å². The maximum atomic E-state index is 6.09. The fourth-order valence-corrected chi connectivity index (χ4v) is 2.88. The number of hydrogen-bond acceptors (Lipinski definition) is 5. The molecule has 0 saturated carbocycles. The van der Waals surface area contributed by atoms with Gasteiger partial charge in [-0.15, -0.1) is 11.3 Å². The SMILES string of the molecule is Cc1csc2c(Oc3ccc(N)cc3Cl)ncnc12. The van der Waals surface area contributed by atoms with Crippen LogP contribution in [0.1, 0.15) is 5.56 Å². The van der Waals surface area contributed by atoms with Gasteiger partial charge in [0.05, 0.1) is 10.5 Å². The molecule has 0 fully saturated rings. The molecule has 2 N–H and O–H groups in total. The van der Waals surface area contributed by atoms with Crippen molar-refractivity contribution in [2.75, 3.05) is 5.73 Å². The molecular formula is C13H10ClN3OS. The first-order chi connectivity index (χ1) is 9.15. The third kappa shape index (κ3) is 2.22. The van der Waals surface area contributed by atoms with Gasteiger partial charge >= 0.3 is 0 Å². The molecule has 6 heteroatoms. The summed E-state index contributed by atoms with van der Waals surface area (Å²) in [6.45, 7) is 2.01. The van der Waals surface area contributed by atoms with E-state index in [2.05, 4.69) is 9.97 Å². The minimum absolute atomic E-state index is 0.458. The van der Waals surface area contributed by atoms with Gasteiger partial charge in [-0.25, -0.2) is 9.97 Å². The number of hydrogen-bond donors (Lipinski definition) is 1. The highest BCUT2D eigenvalue weighted by molar-refractivity contribution is 7.17. The summed E-state index contributed by atoms with van der Waals surface area (Å²) in [6, 6.07) is 5.11. The predicted octanol–water partition coefficient (Wildman–Crippen LogP) is 4.03. The van der Waals surface area contributed by atoms with Crippen molar-refractivity contribution in [1.29, 1.82) is 0 Å². The number of anilines is 1. The summed E-state index contributed by atoms with van der Waals surface area (Å²) < 4.78 is 6.67. The molecule has 0 aliphatic carbocycles. The van der Waals surface area contributed by atoms with Crippen LogP contribution >= 0.6 is 22.9 Å². The molecule has 2 aromatic heterocycles. The Morgan fingerprint density at radius 1 is 1.32 bits per heavy atom. The van der Waals surface area contributed by atoms with Gasteiger partial charge in [-0.1, -0.05) is 11.6 Å². The molecule has 96 valence electrons. The number of aryl methyl sites for hydroxylation is 1. The third-order valence-electron chi connectivity index (χ3n) is 2.66. The second kappa shape index (κ2) is 4.68. The van der Waals surface area contributed by atoms with E-state index in [1.165, 1.54) is 6.33 Å². The predicted molar refractivity (Wildman–Crippen MR) is 78.1 cm³/mol. The fraction of sp³-hybridized carbons (Fsp3) is 0.0769. The number of halogens is 1. The van der Waals surface area contributed by atoms with Crippen molar-refractivity contribution in [2.45, 2.75) is 6.92 Å². The molecule has 4 nitrogen and oxygen atoms in total. The molecule has 0 spiro atoms. The molecule has 19 heavy (non-hydrogen) atoms. The van der Waals surface area contributed by atoms with Crippen LogP contribution in [0.4, 0.5) is 5.69 Å². The standard InChI is InChI=1S/C13H10ClN3OS/c1-7-5-19-12-11(7)16-6-17-13(12)18-10-3-2-8(15)4-9(10)14/h2-6H,15H2,1H3. The molecule has 0 unspecified atom stereocenters. The number of benzene rings is 1. The van der Waals surface area contributed by atoms with E-state index in [1.807, 2.05) is 12.3 Å². The minimum atomic E-state index is 0.458. The summed E-state index contributed by atoms with van der Waals surface area (Å²) in [6.07, 6.45) is 1.49. The zero-order valence-corrected chi connectivity index (χ0v) is 11.6. The van der Waals surface area contributed by atoms with E-state index < -0.39 is 0 Å². The summed E-state index contributed by atoms with van der Waals surface area (Å²) in [4.78, 5) is 8.41. The number of aromatic nitrogens is 2. The molecule has 0 saturated heterocycles. The Bertz CT molecular complexity index is 757. The molecule has 0 radical (unpaired) electrons. The highest BCUT2D eigenvalue weighted by atomic mass is 35.5. The molecule has 0 amide bonds. The Morgan fingerprint density at radius 3 is 2.95 bits per heavy atom. The Morgan fingerprint density at radius 2 is 2.16 bits per heavy atom. The highest BCUT2D eigenvalue weighted by Gasteiger charge is 2.11. The quantitative estimate of drug-likeness (QED) is 0.724. The Balaban J connectivity index is 2.06. The number of fused-ring (bicyclic) bond motifs is 1. The van der Waals surface area contributed by atoms with Crippen molar-refractivity contribution in [3.63, 3.8) is 0 Å². The van der Waals surface area contributed by atoms with Crippen LogP contribution in [0.15, 0.2) is 29.9 Å². The van der Waals surface area contributed by atoms with Gasteiger partial charge in [0, 0.05) is 5.69 Å². The van der Waals surface area contributed by atoms with Gasteiger partial charge in [0.1, 0.15) is 16.8 Å². The lowest BCUT2D eigenvalue weighted by atomic mass is 10.3. The van der Waals surface area contributed by atoms with E-state index in [9.17, 15) is 0 Å². The molecule has 0 aliphatic rings. The third-order valence-corrected chi connectivity index (χ3v) is 4.03. The maximum Gasteiger partial charge on any atom is 0.240 e. The van der Waals surface area contributed by atoms with E-state index in [0.717, 1.165) is 15.8 Å². The first kappa shape index (κ1) is 12.2. The van der Waals surface area contributed by atoms with Crippen molar-refractivity contribution >= 4 is 38.8 Å². The molecule has 1 aromatic carbocycles. The lowest BCUT2D eigenvalue weighted by molar-refractivity contribution is 0.469. The zero-order valence-electron chi connectivity index (χ0n) is 10.1. The van der Waals surface area contributed by atoms with Crippen molar-refractivity contribution in [1.82, 2.24) is 9.97 Å². The number of nitrogen functional groups attached to an aromatic ring is 1. The average molecular weight is 292 g/mol. The first-order valence-electron chi connectivity index (χ1n) is 5.57. The molecule has 0 atom stereocenters. The number of ether oxygens (including phenoxy) is 1. The lowest BCUT2D eigenvalue weighted by Crippen LogP contribution is -1.91. The number of thiophene rings is 1. The molecule has 3 aromatic rings. The fourth-order valence-electron chi connectivity index (χ4n) is 1.72. The molecule has 0 aliphatic heterocycles. The minimum Gasteiger partial charge on any atom is -0.436 e. The summed E-state index contributed by atoms with van der Waals surface area (Å²) in [7, 11) is 0. The number of nitrogens with two attached hydrogens (primary N) is 1. The lowest BCUT2D eigenvalue weighted by Gasteiger charge is -2.07. The van der Waals surface area contributed by atoms with E-state index in [0.29, 0.717) is 22.3 Å². The van der Waals surface area contributed by atoms with Gasteiger partial charge in [-0.3, -0.25) is 0 Å². The van der Waals surface area contributed by atoms with Crippen LogP contribution in [-0.4, -0.2) is 9.97 Å². The Labute approximate surface area is 118 Å². The largest absolute Gasteiger partial charge is 0.436 e. The van der Waals surface area contributed by atoms with Gasteiger partial charge in [0.15, 0.2) is 0 Å². The smallest absolute Gasteiger partial charge is 0.240 e. The second-order valence-electron chi connectivity index (χ2n) is 4.07. The summed E-state index contributed by atoms with van der Waals surface area (Å²) >= 11 is 7.64. The highest BCUT2D eigenvalue weighted by Crippen LogP contribution is 2.35. The van der Waals surface area contributed by atoms with Crippen LogP contribution in [0.3, 0.4) is 0 Å². The van der Waals surface area contributed by atoms with Crippen molar-refractivity contribution in [3.05, 3.63) is 40.5 Å². The van der Waals surface area contributed by atoms with Crippen LogP contribution in [0, 0.1) is 6.92 Å². The van der Waals surface area contributed by atoms with E-state index in [1.54, 1.807) is 29.5 Å². The van der Waals surface area contributed by atoms with Crippen LogP contribution in [-0.2, 0) is 0 Å². The molecule has 2 heterocycles. The molecule has 3 rings (SSSR count). The topological polar surface area (TPSA) is 61.0 Å². The van der Waals surface area contributed by atoms with Gasteiger partial charge < -0.3 is 10.5 Å². The monoisotopic (exact) mass is 291 g/mol. The Hall–Kier alpha value is -1.85. The normalized spacial score (nSPS) is 10.8. The maximum absolute atomic E-state index is 6.09. The average Bonchev–Trinajstić information content (AvgIpc) is 2.76. The zero-order chi connectivity index (χ0) is 13.4. The molecular weight excluding hydrogens is 282 g/mol. The van der Waals surface area contributed by atoms with Gasteiger partial charge in [-0.05, 0) is 36.1 Å². The van der Waals surface area contributed by atoms with Crippen LogP contribution < -0.4 is 10.5 Å². The van der Waals surface area contributed by atoms with Gasteiger partial charge in [0.25, 0.3) is 0 Å². The Kier molecular flexibility index (Phi) is 3.00. The van der Waals surface area contributed by atoms with Gasteiger partial charge in [-0.2, -0.15) is 0 Å². The summed E-state index contributed by atoms with van der Waals surface area (Å²) in [5.41, 5.74) is 8.26. The van der Waals surface area contributed by atoms with Crippen molar-refractivity contribution in [2.24, 2.45) is 0 Å². The number of nitrogens with zero attached hydrogens (tertiary/aromatic N) is 2. The van der Waals surface area contributed by atoms with E-state index in [-0.39, 0.29) is 0 Å².